The predicted molar refractivity (Wildman–Crippen MR) is 33.1 cm³/mol. The number of β-amino-alcohol motifs (C(OH)–C–C–N with tert-alkyl or cyclic N) is 1. The minimum atomic E-state index is -0.215. The van der Waals surface area contributed by atoms with E-state index in [0.717, 1.165) is 6.54 Å². The maximum absolute atomic E-state index is 9.04. The van der Waals surface area contributed by atoms with E-state index in [1.54, 1.807) is 0 Å². The second-order valence-electron chi connectivity index (χ2n) is 2.14. The van der Waals surface area contributed by atoms with E-state index < -0.39 is 0 Å². The lowest BCUT2D eigenvalue weighted by Gasteiger charge is -2.06. The van der Waals surface area contributed by atoms with E-state index >= 15 is 0 Å². The number of hydrogen-bond acceptors (Lipinski definition) is 2. The van der Waals surface area contributed by atoms with Crippen LogP contribution >= 0.6 is 11.6 Å². The molecule has 3 heteroatoms. The van der Waals surface area contributed by atoms with Gasteiger partial charge < -0.3 is 10.4 Å². The zero-order valence-corrected chi connectivity index (χ0v) is 5.36. The third kappa shape index (κ3) is 1.13. The molecule has 0 radical (unpaired) electrons. The first-order valence-corrected chi connectivity index (χ1v) is 3.33. The molecule has 8 heavy (non-hydrogen) atoms. The fourth-order valence-corrected chi connectivity index (χ4v) is 1.19. The van der Waals surface area contributed by atoms with Crippen LogP contribution in [0.2, 0.25) is 0 Å². The number of hydrogen-bond donors (Lipinski definition) is 2. The average molecular weight is 136 g/mol. The van der Waals surface area contributed by atoms with Crippen LogP contribution in [0.1, 0.15) is 0 Å². The lowest BCUT2D eigenvalue weighted by Crippen LogP contribution is -2.18. The average Bonchev–Trinajstić information content (AvgIpc) is 2.14. The largest absolute Gasteiger partial charge is 0.391 e. The topological polar surface area (TPSA) is 32.3 Å². The van der Waals surface area contributed by atoms with Crippen molar-refractivity contribution in [2.24, 2.45) is 5.92 Å². The van der Waals surface area contributed by atoms with Gasteiger partial charge in [-0.2, -0.15) is 0 Å². The van der Waals surface area contributed by atoms with E-state index in [4.69, 9.17) is 16.7 Å². The van der Waals surface area contributed by atoms with Crippen molar-refractivity contribution in [1.82, 2.24) is 5.32 Å². The van der Waals surface area contributed by atoms with Crippen LogP contribution in [0.4, 0.5) is 0 Å². The summed E-state index contributed by atoms with van der Waals surface area (Å²) >= 11 is 5.50. The summed E-state index contributed by atoms with van der Waals surface area (Å²) in [5.74, 6) is 0.838. The molecule has 2 unspecified atom stereocenters. The molecule has 1 fully saturated rings. The highest BCUT2D eigenvalue weighted by Gasteiger charge is 2.23. The van der Waals surface area contributed by atoms with E-state index in [-0.39, 0.29) is 12.0 Å². The summed E-state index contributed by atoms with van der Waals surface area (Å²) in [5, 5.41) is 12.1. The Balaban J connectivity index is 2.30. The third-order valence-electron chi connectivity index (χ3n) is 1.50. The first-order valence-electron chi connectivity index (χ1n) is 2.79. The Morgan fingerprint density at radius 1 is 1.62 bits per heavy atom. The molecule has 0 aromatic rings. The van der Waals surface area contributed by atoms with Gasteiger partial charge in [0, 0.05) is 24.9 Å². The third-order valence-corrected chi connectivity index (χ3v) is 1.90. The van der Waals surface area contributed by atoms with E-state index in [9.17, 15) is 0 Å². The van der Waals surface area contributed by atoms with Crippen molar-refractivity contribution in [3.63, 3.8) is 0 Å². The highest BCUT2D eigenvalue weighted by molar-refractivity contribution is 6.18. The van der Waals surface area contributed by atoms with Crippen LogP contribution in [-0.2, 0) is 0 Å². The maximum Gasteiger partial charge on any atom is 0.0716 e. The van der Waals surface area contributed by atoms with Gasteiger partial charge in [-0.15, -0.1) is 11.6 Å². The van der Waals surface area contributed by atoms with Crippen LogP contribution in [0.25, 0.3) is 0 Å². The molecule has 1 heterocycles. The molecule has 0 aliphatic carbocycles. The molecule has 2 N–H and O–H groups in total. The van der Waals surface area contributed by atoms with Crippen molar-refractivity contribution in [3.05, 3.63) is 0 Å². The van der Waals surface area contributed by atoms with Gasteiger partial charge in [0.2, 0.25) is 0 Å². The van der Waals surface area contributed by atoms with Crippen molar-refractivity contribution >= 4 is 11.6 Å². The molecule has 0 amide bonds. The van der Waals surface area contributed by atoms with Crippen LogP contribution < -0.4 is 5.32 Å². The summed E-state index contributed by atoms with van der Waals surface area (Å²) in [6.07, 6.45) is -0.215. The fraction of sp³-hybridized carbons (Fsp3) is 1.00. The van der Waals surface area contributed by atoms with Gasteiger partial charge in [0.15, 0.2) is 0 Å². The Kier molecular flexibility index (Phi) is 2.11. The first kappa shape index (κ1) is 6.33. The molecule has 0 saturated carbocycles. The summed E-state index contributed by atoms with van der Waals surface area (Å²) in [6.45, 7) is 1.57. The van der Waals surface area contributed by atoms with Crippen molar-refractivity contribution in [2.45, 2.75) is 6.10 Å². The molecule has 2 nitrogen and oxygen atoms in total. The molecule has 2 atom stereocenters. The second kappa shape index (κ2) is 2.67. The highest BCUT2D eigenvalue weighted by atomic mass is 35.5. The Morgan fingerprint density at radius 3 is 2.62 bits per heavy atom. The van der Waals surface area contributed by atoms with Crippen LogP contribution in [0.3, 0.4) is 0 Å². The molecular formula is C5H10ClNO. The monoisotopic (exact) mass is 135 g/mol. The molecule has 0 spiro atoms. The van der Waals surface area contributed by atoms with Gasteiger partial charge in [0.1, 0.15) is 0 Å². The smallest absolute Gasteiger partial charge is 0.0716 e. The maximum atomic E-state index is 9.04. The summed E-state index contributed by atoms with van der Waals surface area (Å²) in [6, 6.07) is 0. The van der Waals surface area contributed by atoms with Crippen LogP contribution in [0.5, 0.6) is 0 Å². The normalized spacial score (nSPS) is 38.2. The molecule has 1 rings (SSSR count). The molecule has 1 aliphatic rings. The number of alkyl halides is 1. The lowest BCUT2D eigenvalue weighted by atomic mass is 10.1. The van der Waals surface area contributed by atoms with Gasteiger partial charge in [0.05, 0.1) is 6.10 Å². The quantitative estimate of drug-likeness (QED) is 0.489. The highest BCUT2D eigenvalue weighted by Crippen LogP contribution is 2.09. The van der Waals surface area contributed by atoms with Crippen molar-refractivity contribution in [1.29, 1.82) is 0 Å². The molecular weight excluding hydrogens is 126 g/mol. The number of halogens is 1. The van der Waals surface area contributed by atoms with E-state index in [0.29, 0.717) is 12.4 Å². The minimum absolute atomic E-state index is 0.215. The van der Waals surface area contributed by atoms with Crippen molar-refractivity contribution < 1.29 is 5.11 Å². The van der Waals surface area contributed by atoms with Crippen LogP contribution in [0.15, 0.2) is 0 Å². The van der Waals surface area contributed by atoms with Gasteiger partial charge in [-0.3, -0.25) is 0 Å². The van der Waals surface area contributed by atoms with Gasteiger partial charge in [0.25, 0.3) is 0 Å². The zero-order chi connectivity index (χ0) is 5.98. The Hall–Kier alpha value is 0.210. The number of rotatable bonds is 1. The van der Waals surface area contributed by atoms with Crippen molar-refractivity contribution in [3.8, 4) is 0 Å². The van der Waals surface area contributed by atoms with Crippen molar-refractivity contribution in [2.75, 3.05) is 19.0 Å². The molecule has 0 aromatic heterocycles. The summed E-state index contributed by atoms with van der Waals surface area (Å²) in [4.78, 5) is 0. The molecule has 1 saturated heterocycles. The van der Waals surface area contributed by atoms with E-state index in [1.165, 1.54) is 0 Å². The molecule has 1 aliphatic heterocycles. The van der Waals surface area contributed by atoms with Gasteiger partial charge in [-0.1, -0.05) is 0 Å². The summed E-state index contributed by atoms with van der Waals surface area (Å²) in [5.41, 5.74) is 0. The molecule has 0 aromatic carbocycles. The lowest BCUT2D eigenvalue weighted by molar-refractivity contribution is 0.157. The van der Waals surface area contributed by atoms with E-state index in [1.807, 2.05) is 0 Å². The van der Waals surface area contributed by atoms with Gasteiger partial charge in [-0.05, 0) is 0 Å². The first-order chi connectivity index (χ1) is 3.84. The number of nitrogens with one attached hydrogen (secondary N) is 1. The Morgan fingerprint density at radius 2 is 2.38 bits per heavy atom. The van der Waals surface area contributed by atoms with Gasteiger partial charge in [-0.25, -0.2) is 0 Å². The Labute approximate surface area is 53.8 Å². The fourth-order valence-electron chi connectivity index (χ4n) is 0.877. The number of aliphatic hydroxyl groups excluding tert-OH is 1. The molecule has 0 bridgehead atoms. The van der Waals surface area contributed by atoms with Crippen LogP contribution in [-0.4, -0.2) is 30.2 Å². The standard InChI is InChI=1S/C5H10ClNO/c6-1-4-2-7-3-5(4)8/h4-5,7-8H,1-3H2. The summed E-state index contributed by atoms with van der Waals surface area (Å²) in [7, 11) is 0. The van der Waals surface area contributed by atoms with E-state index in [2.05, 4.69) is 5.32 Å². The van der Waals surface area contributed by atoms with Gasteiger partial charge >= 0.3 is 0 Å². The Bertz CT molecular complexity index is 78.8. The van der Waals surface area contributed by atoms with Crippen LogP contribution in [0, 0.1) is 5.92 Å². The summed E-state index contributed by atoms with van der Waals surface area (Å²) < 4.78 is 0. The zero-order valence-electron chi connectivity index (χ0n) is 4.60. The second-order valence-corrected chi connectivity index (χ2v) is 2.45. The number of aliphatic hydroxyl groups is 1. The predicted octanol–water partition coefficient (Wildman–Crippen LogP) is -0.195. The molecule has 48 valence electrons. The minimum Gasteiger partial charge on any atom is -0.391 e. The SMILES string of the molecule is OC1CNCC1CCl.